The number of amides is 2. The summed E-state index contributed by atoms with van der Waals surface area (Å²) in [6, 6.07) is 10.3. The number of aromatic nitrogens is 1. The molecule has 0 saturated carbocycles. The predicted molar refractivity (Wildman–Crippen MR) is 96.2 cm³/mol. The van der Waals surface area contributed by atoms with Gasteiger partial charge in [-0.15, -0.1) is 11.8 Å². The second-order valence-electron chi connectivity index (χ2n) is 5.80. The number of nitriles is 1. The lowest BCUT2D eigenvalue weighted by Crippen LogP contribution is -2.31. The van der Waals surface area contributed by atoms with Crippen LogP contribution in [0.1, 0.15) is 49.3 Å². The predicted octanol–water partition coefficient (Wildman–Crippen LogP) is 2.85. The molecule has 1 aliphatic heterocycles. The van der Waals surface area contributed by atoms with E-state index in [1.165, 1.54) is 29.7 Å². The van der Waals surface area contributed by atoms with Crippen molar-refractivity contribution in [1.29, 1.82) is 5.26 Å². The third-order valence-electron chi connectivity index (χ3n) is 4.11. The third-order valence-corrected chi connectivity index (χ3v) is 5.08. The van der Waals surface area contributed by atoms with E-state index in [-0.39, 0.29) is 24.1 Å². The minimum atomic E-state index is -0.303. The SMILES string of the molecule is CC(=O)c1cc(C#N)c(SCCN2C(=O)c3ccccc3C2=O)nc1C. The fourth-order valence-corrected chi connectivity index (χ4v) is 3.73. The summed E-state index contributed by atoms with van der Waals surface area (Å²) in [6.45, 7) is 3.36. The first-order valence-corrected chi connectivity index (χ1v) is 8.93. The number of rotatable bonds is 5. The van der Waals surface area contributed by atoms with Crippen LogP contribution in [0.15, 0.2) is 35.4 Å². The first-order valence-electron chi connectivity index (χ1n) is 7.94. The van der Waals surface area contributed by atoms with E-state index in [0.29, 0.717) is 38.7 Å². The molecule has 0 bridgehead atoms. The Morgan fingerprint density at radius 1 is 1.23 bits per heavy atom. The van der Waals surface area contributed by atoms with Gasteiger partial charge < -0.3 is 0 Å². The second kappa shape index (κ2) is 7.10. The summed E-state index contributed by atoms with van der Waals surface area (Å²) in [7, 11) is 0. The maximum absolute atomic E-state index is 12.3. The molecular weight excluding hydrogens is 350 g/mol. The van der Waals surface area contributed by atoms with Crippen molar-refractivity contribution < 1.29 is 14.4 Å². The average Bonchev–Trinajstić information content (AvgIpc) is 2.87. The van der Waals surface area contributed by atoms with Crippen LogP contribution in [0.3, 0.4) is 0 Å². The molecule has 2 amide bonds. The number of pyridine rings is 1. The molecule has 0 aliphatic carbocycles. The van der Waals surface area contributed by atoms with Crippen molar-refractivity contribution in [3.05, 3.63) is 58.3 Å². The van der Waals surface area contributed by atoms with Crippen molar-refractivity contribution >= 4 is 29.4 Å². The molecule has 1 aromatic carbocycles. The van der Waals surface area contributed by atoms with Crippen molar-refractivity contribution in [2.45, 2.75) is 18.9 Å². The molecule has 26 heavy (non-hydrogen) atoms. The zero-order valence-electron chi connectivity index (χ0n) is 14.3. The largest absolute Gasteiger partial charge is 0.294 e. The zero-order chi connectivity index (χ0) is 18.8. The summed E-state index contributed by atoms with van der Waals surface area (Å²) in [5.74, 6) is -0.342. The minimum absolute atomic E-state index is 0.144. The van der Waals surface area contributed by atoms with E-state index in [1.807, 2.05) is 6.07 Å². The van der Waals surface area contributed by atoms with Gasteiger partial charge in [-0.25, -0.2) is 4.98 Å². The molecular formula is C19H15N3O3S. The highest BCUT2D eigenvalue weighted by Gasteiger charge is 2.34. The van der Waals surface area contributed by atoms with Crippen molar-refractivity contribution in [3.63, 3.8) is 0 Å². The molecule has 0 N–H and O–H groups in total. The number of aryl methyl sites for hydroxylation is 1. The monoisotopic (exact) mass is 365 g/mol. The molecule has 2 heterocycles. The molecule has 0 saturated heterocycles. The fourth-order valence-electron chi connectivity index (χ4n) is 2.81. The number of ketones is 1. The number of nitrogens with zero attached hydrogens (tertiary/aromatic N) is 3. The van der Waals surface area contributed by atoms with Crippen LogP contribution < -0.4 is 0 Å². The molecule has 130 valence electrons. The van der Waals surface area contributed by atoms with Crippen LogP contribution in [0.25, 0.3) is 0 Å². The number of hydrogen-bond acceptors (Lipinski definition) is 6. The molecule has 1 aromatic heterocycles. The highest BCUT2D eigenvalue weighted by molar-refractivity contribution is 7.99. The van der Waals surface area contributed by atoms with Crippen LogP contribution in [-0.2, 0) is 0 Å². The van der Waals surface area contributed by atoms with Crippen LogP contribution >= 0.6 is 11.8 Å². The van der Waals surface area contributed by atoms with Gasteiger partial charge in [0.05, 0.1) is 16.7 Å². The summed E-state index contributed by atoms with van der Waals surface area (Å²) < 4.78 is 0. The lowest BCUT2D eigenvalue weighted by atomic mass is 10.1. The number of imide groups is 1. The molecule has 0 fully saturated rings. The molecule has 3 rings (SSSR count). The summed E-state index contributed by atoms with van der Waals surface area (Å²) in [6.07, 6.45) is 0. The highest BCUT2D eigenvalue weighted by atomic mass is 32.2. The molecule has 0 spiro atoms. The number of carbonyl (C=O) groups is 3. The van der Waals surface area contributed by atoms with Gasteiger partial charge in [0.15, 0.2) is 5.78 Å². The Morgan fingerprint density at radius 3 is 2.38 bits per heavy atom. The van der Waals surface area contributed by atoms with Gasteiger partial charge in [0.2, 0.25) is 0 Å². The Labute approximate surface area is 154 Å². The van der Waals surface area contributed by atoms with E-state index in [2.05, 4.69) is 4.98 Å². The number of thioether (sulfide) groups is 1. The first kappa shape index (κ1) is 17.8. The summed E-state index contributed by atoms with van der Waals surface area (Å²) in [5, 5.41) is 9.79. The Hall–Kier alpha value is -2.98. The second-order valence-corrected chi connectivity index (χ2v) is 6.88. The number of Topliss-reactive ketones (excluding diaryl/α,β-unsaturated/α-hetero) is 1. The Kier molecular flexibility index (Phi) is 4.87. The van der Waals surface area contributed by atoms with E-state index >= 15 is 0 Å². The van der Waals surface area contributed by atoms with Crippen LogP contribution in [0.2, 0.25) is 0 Å². The normalized spacial score (nSPS) is 12.9. The molecule has 0 radical (unpaired) electrons. The number of carbonyl (C=O) groups excluding carboxylic acids is 3. The van der Waals surface area contributed by atoms with Crippen molar-refractivity contribution in [2.24, 2.45) is 0 Å². The van der Waals surface area contributed by atoms with Crippen molar-refractivity contribution in [2.75, 3.05) is 12.3 Å². The summed E-state index contributed by atoms with van der Waals surface area (Å²) >= 11 is 1.28. The number of fused-ring (bicyclic) bond motifs is 1. The van der Waals surface area contributed by atoms with Crippen LogP contribution in [0.4, 0.5) is 0 Å². The van der Waals surface area contributed by atoms with Gasteiger partial charge in [-0.1, -0.05) is 12.1 Å². The molecule has 2 aromatic rings. The first-order chi connectivity index (χ1) is 12.4. The Balaban J connectivity index is 1.73. The van der Waals surface area contributed by atoms with Gasteiger partial charge in [-0.2, -0.15) is 5.26 Å². The molecule has 6 nitrogen and oxygen atoms in total. The van der Waals surface area contributed by atoms with Crippen LogP contribution in [-0.4, -0.2) is 39.8 Å². The number of hydrogen-bond donors (Lipinski definition) is 0. The fraction of sp³-hybridized carbons (Fsp3) is 0.211. The smallest absolute Gasteiger partial charge is 0.261 e. The average molecular weight is 365 g/mol. The zero-order valence-corrected chi connectivity index (χ0v) is 15.1. The number of benzene rings is 1. The van der Waals surface area contributed by atoms with Gasteiger partial charge in [0.25, 0.3) is 11.8 Å². The lowest BCUT2D eigenvalue weighted by Gasteiger charge is -2.14. The van der Waals surface area contributed by atoms with Gasteiger partial charge in [-0.05, 0) is 32.0 Å². The molecule has 0 unspecified atom stereocenters. The molecule has 7 heteroatoms. The van der Waals surface area contributed by atoms with Crippen LogP contribution in [0.5, 0.6) is 0 Å². The van der Waals surface area contributed by atoms with Gasteiger partial charge in [-0.3, -0.25) is 19.3 Å². The van der Waals surface area contributed by atoms with E-state index < -0.39 is 0 Å². The quantitative estimate of drug-likeness (QED) is 0.460. The third kappa shape index (κ3) is 3.11. The van der Waals surface area contributed by atoms with E-state index in [0.717, 1.165) is 0 Å². The summed E-state index contributed by atoms with van der Waals surface area (Å²) in [5.41, 5.74) is 2.12. The van der Waals surface area contributed by atoms with Gasteiger partial charge >= 0.3 is 0 Å². The topological polar surface area (TPSA) is 91.1 Å². The van der Waals surface area contributed by atoms with Crippen molar-refractivity contribution in [1.82, 2.24) is 9.88 Å². The van der Waals surface area contributed by atoms with Crippen LogP contribution in [0, 0.1) is 18.3 Å². The Morgan fingerprint density at radius 2 is 1.85 bits per heavy atom. The summed E-state index contributed by atoms with van der Waals surface area (Å²) in [4.78, 5) is 41.8. The lowest BCUT2D eigenvalue weighted by molar-refractivity contribution is 0.0664. The maximum Gasteiger partial charge on any atom is 0.261 e. The van der Waals surface area contributed by atoms with E-state index in [4.69, 9.17) is 0 Å². The standard InChI is InChI=1S/C19H15N3O3S/c1-11-16(12(2)23)9-13(10-20)17(21-11)26-8-7-22-18(24)14-5-3-4-6-15(14)19(22)25/h3-6,9H,7-8H2,1-2H3. The van der Waals surface area contributed by atoms with E-state index in [9.17, 15) is 19.6 Å². The highest BCUT2D eigenvalue weighted by Crippen LogP contribution is 2.26. The Bertz CT molecular complexity index is 943. The van der Waals surface area contributed by atoms with E-state index in [1.54, 1.807) is 31.2 Å². The van der Waals surface area contributed by atoms with Crippen molar-refractivity contribution in [3.8, 4) is 6.07 Å². The van der Waals surface area contributed by atoms with Gasteiger partial charge in [0.1, 0.15) is 11.1 Å². The minimum Gasteiger partial charge on any atom is -0.294 e. The maximum atomic E-state index is 12.3. The molecule has 0 atom stereocenters. The van der Waals surface area contributed by atoms with Gasteiger partial charge in [0, 0.05) is 23.6 Å². The molecule has 1 aliphatic rings.